The Bertz CT molecular complexity index is 1630. The largest absolute Gasteiger partial charge is 0.488 e. The molecule has 200 valence electrons. The first kappa shape index (κ1) is 26.5. The van der Waals surface area contributed by atoms with E-state index in [1.807, 2.05) is 25.1 Å². The van der Waals surface area contributed by atoms with Gasteiger partial charge in [-0.05, 0) is 36.8 Å². The third kappa shape index (κ3) is 5.36. The molecule has 0 spiro atoms. The van der Waals surface area contributed by atoms with Crippen molar-refractivity contribution >= 4 is 33.2 Å². The lowest BCUT2D eigenvalue weighted by atomic mass is 10.0. The Morgan fingerprint density at radius 2 is 1.97 bits per heavy atom. The summed E-state index contributed by atoms with van der Waals surface area (Å²) in [6.45, 7) is 4.00. The van der Waals surface area contributed by atoms with Crippen molar-refractivity contribution in [3.63, 3.8) is 0 Å². The van der Waals surface area contributed by atoms with Crippen molar-refractivity contribution in [3.8, 4) is 16.9 Å². The van der Waals surface area contributed by atoms with Crippen molar-refractivity contribution in [3.05, 3.63) is 79.0 Å². The summed E-state index contributed by atoms with van der Waals surface area (Å²) < 4.78 is 47.2. The quantitative estimate of drug-likeness (QED) is 0.362. The maximum absolute atomic E-state index is 12.9. The van der Waals surface area contributed by atoms with Crippen LogP contribution in [0, 0.1) is 12.8 Å². The second-order valence-corrected chi connectivity index (χ2v) is 11.0. The maximum atomic E-state index is 12.9. The molecule has 0 saturated carbocycles. The summed E-state index contributed by atoms with van der Waals surface area (Å²) in [5, 5.41) is 3.88. The van der Waals surface area contributed by atoms with Crippen LogP contribution in [-0.4, -0.2) is 39.5 Å². The predicted molar refractivity (Wildman–Crippen MR) is 141 cm³/mol. The highest BCUT2D eigenvalue weighted by Gasteiger charge is 2.29. The Morgan fingerprint density at radius 1 is 1.18 bits per heavy atom. The molecule has 1 saturated heterocycles. The molecule has 1 aliphatic rings. The lowest BCUT2D eigenvalue weighted by Gasteiger charge is -2.22. The average Bonchev–Trinajstić information content (AvgIpc) is 3.44. The summed E-state index contributed by atoms with van der Waals surface area (Å²) >= 11 is 7.75. The number of hydrogen-bond donors (Lipinski definition) is 1. The van der Waals surface area contributed by atoms with E-state index in [0.717, 1.165) is 51.3 Å². The molecular weight excluding hydrogens is 541 g/mol. The van der Waals surface area contributed by atoms with Crippen molar-refractivity contribution in [1.29, 1.82) is 0 Å². The predicted octanol–water partition coefficient (Wildman–Crippen LogP) is 4.85. The minimum Gasteiger partial charge on any atom is -0.488 e. The van der Waals surface area contributed by atoms with E-state index in [4.69, 9.17) is 16.3 Å². The van der Waals surface area contributed by atoms with Crippen LogP contribution in [0.5, 0.6) is 5.75 Å². The summed E-state index contributed by atoms with van der Waals surface area (Å²) in [6, 6.07) is 8.22. The van der Waals surface area contributed by atoms with E-state index < -0.39 is 24.0 Å². The van der Waals surface area contributed by atoms with Gasteiger partial charge in [0.1, 0.15) is 18.4 Å². The normalized spacial score (nSPS) is 17.8. The minimum absolute atomic E-state index is 0.00586. The molecule has 0 unspecified atom stereocenters. The number of benzene rings is 1. The Morgan fingerprint density at radius 3 is 2.68 bits per heavy atom. The highest BCUT2D eigenvalue weighted by atomic mass is 35.5. The Kier molecular flexibility index (Phi) is 7.10. The molecular formula is C26H24ClF3N4O3S. The van der Waals surface area contributed by atoms with Crippen LogP contribution in [0.25, 0.3) is 21.3 Å². The number of alkyl halides is 3. The molecule has 1 fully saturated rings. The molecule has 12 heteroatoms. The van der Waals surface area contributed by atoms with Crippen molar-refractivity contribution in [2.75, 3.05) is 13.1 Å². The number of rotatable bonds is 6. The van der Waals surface area contributed by atoms with E-state index in [9.17, 15) is 22.8 Å². The Balaban J connectivity index is 1.56. The average molecular weight is 565 g/mol. The third-order valence-electron chi connectivity index (χ3n) is 6.51. The van der Waals surface area contributed by atoms with Crippen LogP contribution in [0.15, 0.2) is 52.3 Å². The molecule has 4 heterocycles. The Hall–Kier alpha value is -3.15. The zero-order valence-electron chi connectivity index (χ0n) is 20.5. The number of aromatic nitrogens is 3. The highest BCUT2D eigenvalue weighted by molar-refractivity contribution is 7.19. The van der Waals surface area contributed by atoms with Crippen LogP contribution in [0.1, 0.15) is 17.4 Å². The zero-order valence-corrected chi connectivity index (χ0v) is 22.1. The summed E-state index contributed by atoms with van der Waals surface area (Å²) in [6.07, 6.45) is -2.08. The van der Waals surface area contributed by atoms with Crippen molar-refractivity contribution in [2.45, 2.75) is 39.2 Å². The number of nitrogens with zero attached hydrogens (tertiary/aromatic N) is 3. The summed E-state index contributed by atoms with van der Waals surface area (Å²) in [7, 11) is 0. The number of fused-ring (bicyclic) bond motifs is 1. The second kappa shape index (κ2) is 10.2. The number of aryl methyl sites for hydroxylation is 1. The molecule has 5 rings (SSSR count). The zero-order chi connectivity index (χ0) is 27.2. The molecule has 0 amide bonds. The van der Waals surface area contributed by atoms with Crippen LogP contribution in [0.3, 0.4) is 0 Å². The van der Waals surface area contributed by atoms with Gasteiger partial charge in [0, 0.05) is 58.5 Å². The van der Waals surface area contributed by atoms with Crippen molar-refractivity contribution in [1.82, 2.24) is 19.4 Å². The van der Waals surface area contributed by atoms with Gasteiger partial charge in [0.25, 0.3) is 5.56 Å². The highest BCUT2D eigenvalue weighted by Crippen LogP contribution is 2.42. The fourth-order valence-electron chi connectivity index (χ4n) is 4.63. The van der Waals surface area contributed by atoms with Gasteiger partial charge in [-0.25, -0.2) is 4.79 Å². The lowest BCUT2D eigenvalue weighted by Crippen LogP contribution is -2.41. The summed E-state index contributed by atoms with van der Waals surface area (Å²) in [5.74, 6) is 1.04. The van der Waals surface area contributed by atoms with Crippen molar-refractivity contribution in [2.24, 2.45) is 5.92 Å². The number of hydrogen-bond acceptors (Lipinski definition) is 6. The second-order valence-electron chi connectivity index (χ2n) is 9.44. The molecule has 7 nitrogen and oxygen atoms in total. The summed E-state index contributed by atoms with van der Waals surface area (Å²) in [5.41, 5.74) is 1.41. The standard InChI is InChI=1S/C26H24ClF3N4O3S/c1-14-7-16(27)8-19(23(14)37-21-11-31-10-15(21)2)18-3-5-32-20-9-17(38-24(18)20)12-34-22(35)4-6-33(25(34)36)13-26(28,29)30/h3-9,15,21,31H,10-13H2,1-2H3/t15-,21-/m1/s1. The van der Waals surface area contributed by atoms with E-state index in [1.165, 1.54) is 11.3 Å². The van der Waals surface area contributed by atoms with Crippen LogP contribution >= 0.6 is 22.9 Å². The van der Waals surface area contributed by atoms with Gasteiger partial charge in [-0.15, -0.1) is 11.3 Å². The molecule has 1 aliphatic heterocycles. The van der Waals surface area contributed by atoms with Gasteiger partial charge in [-0.3, -0.25) is 18.9 Å². The fraction of sp³-hybridized carbons (Fsp3) is 0.346. The van der Waals surface area contributed by atoms with Crippen LogP contribution < -0.4 is 21.3 Å². The van der Waals surface area contributed by atoms with Gasteiger partial charge in [-0.1, -0.05) is 18.5 Å². The van der Waals surface area contributed by atoms with E-state index in [2.05, 4.69) is 17.2 Å². The fourth-order valence-corrected chi connectivity index (χ4v) is 6.03. The molecule has 0 radical (unpaired) electrons. The minimum atomic E-state index is -4.59. The molecule has 1 aromatic carbocycles. The molecule has 38 heavy (non-hydrogen) atoms. The van der Waals surface area contributed by atoms with Gasteiger partial charge in [0.15, 0.2) is 0 Å². The van der Waals surface area contributed by atoms with Gasteiger partial charge < -0.3 is 10.1 Å². The van der Waals surface area contributed by atoms with E-state index in [1.54, 1.807) is 12.3 Å². The SMILES string of the molecule is Cc1cc(Cl)cc(-c2ccnc3cc(Cn4c(=O)ccn(CC(F)(F)F)c4=O)sc23)c1O[C@@H]1CNC[C@H]1C. The number of pyridine rings is 1. The van der Waals surface area contributed by atoms with Crippen LogP contribution in [-0.2, 0) is 13.1 Å². The molecule has 2 atom stereocenters. The number of thiophene rings is 1. The molecule has 1 N–H and O–H groups in total. The molecule has 4 aromatic rings. The van der Waals surface area contributed by atoms with E-state index in [0.29, 0.717) is 31.7 Å². The maximum Gasteiger partial charge on any atom is 0.406 e. The van der Waals surface area contributed by atoms with Crippen molar-refractivity contribution < 1.29 is 17.9 Å². The molecule has 3 aromatic heterocycles. The van der Waals surface area contributed by atoms with E-state index in [-0.39, 0.29) is 12.6 Å². The first-order chi connectivity index (χ1) is 18.0. The Labute approximate surface area is 224 Å². The van der Waals surface area contributed by atoms with Gasteiger partial charge in [-0.2, -0.15) is 13.2 Å². The van der Waals surface area contributed by atoms with Crippen LogP contribution in [0.2, 0.25) is 5.02 Å². The first-order valence-electron chi connectivity index (χ1n) is 11.9. The van der Waals surface area contributed by atoms with Gasteiger partial charge >= 0.3 is 11.9 Å². The smallest absolute Gasteiger partial charge is 0.406 e. The van der Waals surface area contributed by atoms with E-state index >= 15 is 0 Å². The number of halogens is 4. The molecule has 0 bridgehead atoms. The number of nitrogens with one attached hydrogen (secondary N) is 1. The first-order valence-corrected chi connectivity index (χ1v) is 13.1. The molecule has 0 aliphatic carbocycles. The topological polar surface area (TPSA) is 78.2 Å². The van der Waals surface area contributed by atoms with Crippen LogP contribution in [0.4, 0.5) is 13.2 Å². The lowest BCUT2D eigenvalue weighted by molar-refractivity contribution is -0.141. The third-order valence-corrected chi connectivity index (χ3v) is 7.87. The van der Waals surface area contributed by atoms with Gasteiger partial charge in [0.05, 0.1) is 16.8 Å². The summed E-state index contributed by atoms with van der Waals surface area (Å²) in [4.78, 5) is 30.1. The monoisotopic (exact) mass is 564 g/mol. The van der Waals surface area contributed by atoms with Gasteiger partial charge in [0.2, 0.25) is 0 Å². The number of ether oxygens (including phenoxy) is 1.